The van der Waals surface area contributed by atoms with Gasteiger partial charge < -0.3 is 15.8 Å². The second kappa shape index (κ2) is 8.04. The second-order valence-corrected chi connectivity index (χ2v) is 6.08. The Morgan fingerprint density at radius 1 is 1.28 bits per heavy atom. The third-order valence-electron chi connectivity index (χ3n) is 3.20. The first-order valence-corrected chi connectivity index (χ1v) is 7.51. The minimum Gasteiger partial charge on any atom is -0.491 e. The molecule has 8 heteroatoms. The van der Waals surface area contributed by atoms with Crippen LogP contribution in [-0.4, -0.2) is 27.6 Å². The Morgan fingerprint density at radius 2 is 1.96 bits per heavy atom. The number of rotatable bonds is 6. The minimum atomic E-state index is -1.73. The lowest BCUT2D eigenvalue weighted by Gasteiger charge is -2.17. The molecule has 6 nitrogen and oxygen atoms in total. The first-order chi connectivity index (χ1) is 11.1. The molecular formula is C17H25F2N5O. The predicted molar refractivity (Wildman–Crippen MR) is 94.8 cm³/mol. The van der Waals surface area contributed by atoms with Crippen LogP contribution in [-0.2, 0) is 5.67 Å². The van der Waals surface area contributed by atoms with Gasteiger partial charge in [0, 0.05) is 6.07 Å². The maximum absolute atomic E-state index is 14.0. The molecule has 1 aromatic heterocycles. The van der Waals surface area contributed by atoms with Gasteiger partial charge in [-0.05, 0) is 39.3 Å². The van der Waals surface area contributed by atoms with E-state index in [0.29, 0.717) is 11.3 Å². The molecule has 2 rings (SSSR count). The number of nitrogen functional groups attached to an aromatic ring is 1. The number of nitrogens with zero attached hydrogens (tertiary/aromatic N) is 3. The van der Waals surface area contributed by atoms with Crippen molar-refractivity contribution in [2.45, 2.75) is 46.8 Å². The highest BCUT2D eigenvalue weighted by atomic mass is 19.1. The summed E-state index contributed by atoms with van der Waals surface area (Å²) in [6, 6.07) is 4.44. The average molecular weight is 353 g/mol. The van der Waals surface area contributed by atoms with E-state index in [1.807, 2.05) is 6.92 Å². The van der Waals surface area contributed by atoms with Crippen molar-refractivity contribution in [2.24, 2.45) is 0 Å². The summed E-state index contributed by atoms with van der Waals surface area (Å²) in [5.74, 6) is 0.142. The molecule has 0 radical (unpaired) electrons. The molecule has 1 atom stereocenters. The van der Waals surface area contributed by atoms with Crippen LogP contribution in [0.25, 0.3) is 0 Å². The van der Waals surface area contributed by atoms with Crippen LogP contribution in [0.1, 0.15) is 39.6 Å². The average Bonchev–Trinajstić information content (AvgIpc) is 2.47. The molecule has 0 aliphatic heterocycles. The fourth-order valence-corrected chi connectivity index (χ4v) is 1.87. The number of anilines is 2. The summed E-state index contributed by atoms with van der Waals surface area (Å²) in [5, 5.41) is 2.96. The number of hydrogen-bond acceptors (Lipinski definition) is 6. The highest BCUT2D eigenvalue weighted by molar-refractivity contribution is 5.33. The number of alkyl halides is 1. The van der Waals surface area contributed by atoms with Crippen molar-refractivity contribution in [3.63, 3.8) is 0 Å². The molecule has 0 bridgehead atoms. The zero-order valence-electron chi connectivity index (χ0n) is 14.1. The van der Waals surface area contributed by atoms with Crippen LogP contribution in [0.15, 0.2) is 18.2 Å². The van der Waals surface area contributed by atoms with E-state index in [-0.39, 0.29) is 43.6 Å². The van der Waals surface area contributed by atoms with Crippen LogP contribution in [0.5, 0.6) is 5.75 Å². The third-order valence-corrected chi connectivity index (χ3v) is 3.20. The van der Waals surface area contributed by atoms with Gasteiger partial charge in [-0.1, -0.05) is 13.5 Å². The Bertz CT molecular complexity index is 719. The van der Waals surface area contributed by atoms with E-state index in [1.165, 1.54) is 19.9 Å². The summed E-state index contributed by atoms with van der Waals surface area (Å²) >= 11 is 0. The van der Waals surface area contributed by atoms with Crippen molar-refractivity contribution in [2.75, 3.05) is 17.7 Å². The van der Waals surface area contributed by atoms with Crippen molar-refractivity contribution < 1.29 is 13.5 Å². The van der Waals surface area contributed by atoms with E-state index < -0.39 is 5.67 Å². The van der Waals surface area contributed by atoms with Gasteiger partial charge in [-0.3, -0.25) is 0 Å². The molecule has 1 heterocycles. The zero-order chi connectivity index (χ0) is 17.9. The molecule has 0 amide bonds. The quantitative estimate of drug-likeness (QED) is 0.825. The fourth-order valence-electron chi connectivity index (χ4n) is 1.87. The van der Waals surface area contributed by atoms with Crippen LogP contribution in [0.3, 0.4) is 0 Å². The third kappa shape index (κ3) is 5.81. The van der Waals surface area contributed by atoms with Gasteiger partial charge in [0.05, 0.1) is 6.04 Å². The van der Waals surface area contributed by atoms with Gasteiger partial charge in [0.1, 0.15) is 18.2 Å². The molecule has 0 spiro atoms. The lowest BCUT2D eigenvalue weighted by molar-refractivity contribution is 0.206. The highest BCUT2D eigenvalue weighted by Gasteiger charge is 2.24. The smallest absolute Gasteiger partial charge is 0.228 e. The number of benzene rings is 1. The first-order valence-electron chi connectivity index (χ1n) is 7.51. The van der Waals surface area contributed by atoms with Crippen LogP contribution in [0.4, 0.5) is 20.7 Å². The topological polar surface area (TPSA) is 86.0 Å². The van der Waals surface area contributed by atoms with Crippen molar-refractivity contribution in [1.82, 2.24) is 15.0 Å². The number of nitrogens with two attached hydrogens (primary N) is 1. The molecule has 0 fully saturated rings. The number of hydrogen-bond donors (Lipinski definition) is 2. The number of halogens is 2. The van der Waals surface area contributed by atoms with E-state index in [4.69, 9.17) is 10.5 Å². The van der Waals surface area contributed by atoms with E-state index >= 15 is 0 Å². The summed E-state index contributed by atoms with van der Waals surface area (Å²) < 4.78 is 33.0. The van der Waals surface area contributed by atoms with Crippen LogP contribution in [0, 0.1) is 12.7 Å². The molecule has 0 saturated heterocycles. The van der Waals surface area contributed by atoms with Crippen LogP contribution >= 0.6 is 0 Å². The molecule has 0 aliphatic carbocycles. The zero-order valence-corrected chi connectivity index (χ0v) is 14.1. The fraction of sp³-hybridized carbons (Fsp3) is 0.471. The van der Waals surface area contributed by atoms with Gasteiger partial charge in [-0.25, -0.2) is 8.78 Å². The van der Waals surface area contributed by atoms with Gasteiger partial charge in [-0.15, -0.1) is 0 Å². The predicted octanol–water partition coefficient (Wildman–Crippen LogP) is 3.62. The van der Waals surface area contributed by atoms with Gasteiger partial charge in [0.25, 0.3) is 0 Å². The maximum atomic E-state index is 14.0. The lowest BCUT2D eigenvalue weighted by Crippen LogP contribution is -2.26. The number of ether oxygens (including phenoxy) is 1. The molecule has 0 aliphatic rings. The molecule has 0 saturated carbocycles. The molecule has 138 valence electrons. The maximum Gasteiger partial charge on any atom is 0.228 e. The van der Waals surface area contributed by atoms with E-state index in [9.17, 15) is 8.78 Å². The van der Waals surface area contributed by atoms with E-state index in [0.717, 1.165) is 0 Å². The minimum absolute atomic E-state index is 0. The van der Waals surface area contributed by atoms with E-state index in [2.05, 4.69) is 20.3 Å². The van der Waals surface area contributed by atoms with Gasteiger partial charge in [0.15, 0.2) is 11.5 Å². The molecule has 1 aromatic carbocycles. The second-order valence-electron chi connectivity index (χ2n) is 6.08. The monoisotopic (exact) mass is 353 g/mol. The number of nitrogens with one attached hydrogen (secondary N) is 1. The lowest BCUT2D eigenvalue weighted by atomic mass is 10.1. The summed E-state index contributed by atoms with van der Waals surface area (Å²) in [6.07, 6.45) is 0. The Kier molecular flexibility index (Phi) is 6.61. The molecule has 3 N–H and O–H groups in total. The van der Waals surface area contributed by atoms with Crippen LogP contribution in [0.2, 0.25) is 0 Å². The van der Waals surface area contributed by atoms with Crippen molar-refractivity contribution >= 4 is 11.9 Å². The van der Waals surface area contributed by atoms with Gasteiger partial charge in [0.2, 0.25) is 11.9 Å². The highest BCUT2D eigenvalue weighted by Crippen LogP contribution is 2.22. The van der Waals surface area contributed by atoms with E-state index in [1.54, 1.807) is 19.1 Å². The molecule has 1 unspecified atom stereocenters. The molecular weight excluding hydrogens is 328 g/mol. The van der Waals surface area contributed by atoms with Crippen molar-refractivity contribution in [1.29, 1.82) is 0 Å². The largest absolute Gasteiger partial charge is 0.491 e. The number of aromatic nitrogens is 3. The molecule has 25 heavy (non-hydrogen) atoms. The Morgan fingerprint density at radius 3 is 2.56 bits per heavy atom. The van der Waals surface area contributed by atoms with Crippen LogP contribution < -0.4 is 15.8 Å². The summed E-state index contributed by atoms with van der Waals surface area (Å²) in [5.41, 5.74) is 4.41. The Labute approximate surface area is 146 Å². The standard InChI is InChI=1S/C16H21F2N5O.CH4/c1-9-5-6-11(7-12(9)17)24-8-10(2)20-15-22-13(16(3,4)18)21-14(19)23-15;/h5-7,10H,8H2,1-4H3,(H3,19,20,21,22,23);1H4. The Balaban J connectivity index is 0.00000312. The summed E-state index contributed by atoms with van der Waals surface area (Å²) in [7, 11) is 0. The van der Waals surface area contributed by atoms with Crippen molar-refractivity contribution in [3.05, 3.63) is 35.4 Å². The summed E-state index contributed by atoms with van der Waals surface area (Å²) in [6.45, 7) is 6.42. The number of aryl methyl sites for hydroxylation is 1. The normalized spacial score (nSPS) is 12.2. The molecule has 2 aromatic rings. The van der Waals surface area contributed by atoms with Gasteiger partial charge in [-0.2, -0.15) is 15.0 Å². The summed E-state index contributed by atoms with van der Waals surface area (Å²) in [4.78, 5) is 11.7. The Hall–Kier alpha value is -2.51. The van der Waals surface area contributed by atoms with Gasteiger partial charge >= 0.3 is 0 Å². The van der Waals surface area contributed by atoms with Crippen molar-refractivity contribution in [3.8, 4) is 5.75 Å². The SMILES string of the molecule is C.Cc1ccc(OCC(C)Nc2nc(N)nc(C(C)(C)F)n2)cc1F. The first kappa shape index (κ1) is 20.5.